The smallest absolute Gasteiger partial charge is 0.0889 e. The van der Waals surface area contributed by atoms with Gasteiger partial charge in [0.15, 0.2) is 0 Å². The second-order valence-electron chi connectivity index (χ2n) is 4.30. The fourth-order valence-corrected chi connectivity index (χ4v) is 2.26. The first-order valence-electron chi connectivity index (χ1n) is 5.61. The van der Waals surface area contributed by atoms with Crippen molar-refractivity contribution in [1.82, 2.24) is 0 Å². The molecule has 0 N–H and O–H groups in total. The van der Waals surface area contributed by atoms with Gasteiger partial charge in [-0.3, -0.25) is 0 Å². The molecule has 1 fully saturated rings. The van der Waals surface area contributed by atoms with E-state index >= 15 is 0 Å². The third-order valence-corrected chi connectivity index (χ3v) is 3.08. The Morgan fingerprint density at radius 3 is 2.73 bits per heavy atom. The van der Waals surface area contributed by atoms with Crippen molar-refractivity contribution in [3.8, 4) is 0 Å². The summed E-state index contributed by atoms with van der Waals surface area (Å²) in [4.78, 5) is 0. The Balaban J connectivity index is 2.22. The lowest BCUT2D eigenvalue weighted by atomic mass is 9.85. The Labute approximate surface area is 91.8 Å². The average molecular weight is 202 g/mol. The zero-order chi connectivity index (χ0) is 10.7. The Morgan fingerprint density at radius 2 is 2.07 bits per heavy atom. The molecule has 1 nitrogen and oxygen atoms in total. The fourth-order valence-electron chi connectivity index (χ4n) is 2.26. The molecule has 15 heavy (non-hydrogen) atoms. The van der Waals surface area contributed by atoms with Crippen LogP contribution in [0.2, 0.25) is 0 Å². The highest BCUT2D eigenvalue weighted by molar-refractivity contribution is 5.21. The Bertz CT molecular complexity index is 328. The van der Waals surface area contributed by atoms with Crippen molar-refractivity contribution >= 4 is 0 Å². The molecule has 1 saturated heterocycles. The summed E-state index contributed by atoms with van der Waals surface area (Å²) in [6, 6.07) is 10.5. The molecule has 0 bridgehead atoms. The van der Waals surface area contributed by atoms with Crippen LogP contribution in [-0.2, 0) is 4.74 Å². The van der Waals surface area contributed by atoms with Gasteiger partial charge in [-0.05, 0) is 25.3 Å². The van der Waals surface area contributed by atoms with E-state index in [0.29, 0.717) is 5.92 Å². The van der Waals surface area contributed by atoms with E-state index in [2.05, 4.69) is 37.8 Å². The monoisotopic (exact) mass is 202 g/mol. The molecule has 0 aromatic heterocycles. The molecular weight excluding hydrogens is 184 g/mol. The third kappa shape index (κ3) is 2.29. The number of hydrogen-bond acceptors (Lipinski definition) is 1. The largest absolute Gasteiger partial charge is 0.373 e. The van der Waals surface area contributed by atoms with Gasteiger partial charge in [-0.1, -0.05) is 42.5 Å². The van der Waals surface area contributed by atoms with Crippen molar-refractivity contribution < 1.29 is 4.74 Å². The number of benzene rings is 1. The quantitative estimate of drug-likeness (QED) is 0.664. The molecule has 0 spiro atoms. The summed E-state index contributed by atoms with van der Waals surface area (Å²) in [6.45, 7) is 7.06. The highest BCUT2D eigenvalue weighted by atomic mass is 16.5. The Morgan fingerprint density at radius 1 is 1.33 bits per heavy atom. The van der Waals surface area contributed by atoms with Crippen molar-refractivity contribution in [2.45, 2.75) is 25.9 Å². The molecule has 2 rings (SSSR count). The molecule has 0 aliphatic carbocycles. The lowest BCUT2D eigenvalue weighted by molar-refractivity contribution is -0.0160. The topological polar surface area (TPSA) is 9.23 Å². The van der Waals surface area contributed by atoms with E-state index in [-0.39, 0.29) is 6.10 Å². The first-order chi connectivity index (χ1) is 7.29. The Hall–Kier alpha value is -1.08. The summed E-state index contributed by atoms with van der Waals surface area (Å²) >= 11 is 0. The van der Waals surface area contributed by atoms with E-state index in [9.17, 15) is 0 Å². The van der Waals surface area contributed by atoms with Crippen molar-refractivity contribution in [2.75, 3.05) is 6.61 Å². The van der Waals surface area contributed by atoms with Gasteiger partial charge in [0.25, 0.3) is 0 Å². The predicted molar refractivity (Wildman–Crippen MR) is 62.7 cm³/mol. The van der Waals surface area contributed by atoms with Crippen LogP contribution >= 0.6 is 0 Å². The van der Waals surface area contributed by atoms with E-state index in [1.807, 2.05) is 6.07 Å². The molecule has 1 aliphatic rings. The van der Waals surface area contributed by atoms with Crippen molar-refractivity contribution in [3.05, 3.63) is 48.0 Å². The van der Waals surface area contributed by atoms with Crippen LogP contribution in [0.4, 0.5) is 0 Å². The molecule has 2 atom stereocenters. The standard InChI is InChI=1S/C14H18O/c1-11(2)13-9-6-10-15-14(13)12-7-4-3-5-8-12/h3-5,7-8,13-14H,1,6,9-10H2,2H3/t13-,14-/m1/s1. The Kier molecular flexibility index (Phi) is 3.22. The van der Waals surface area contributed by atoms with Crippen molar-refractivity contribution in [2.24, 2.45) is 5.92 Å². The van der Waals surface area contributed by atoms with Gasteiger partial charge in [-0.15, -0.1) is 0 Å². The van der Waals surface area contributed by atoms with Gasteiger partial charge in [0.2, 0.25) is 0 Å². The average Bonchev–Trinajstić information content (AvgIpc) is 2.30. The van der Waals surface area contributed by atoms with Gasteiger partial charge in [0.05, 0.1) is 6.10 Å². The maximum absolute atomic E-state index is 5.88. The molecule has 1 heteroatoms. The normalized spacial score (nSPS) is 26.2. The lowest BCUT2D eigenvalue weighted by Crippen LogP contribution is -2.23. The molecule has 80 valence electrons. The molecular formula is C14H18O. The molecule has 1 aliphatic heterocycles. The second kappa shape index (κ2) is 4.63. The van der Waals surface area contributed by atoms with Crippen LogP contribution in [0.1, 0.15) is 31.4 Å². The minimum absolute atomic E-state index is 0.220. The van der Waals surface area contributed by atoms with Gasteiger partial charge < -0.3 is 4.74 Å². The zero-order valence-electron chi connectivity index (χ0n) is 9.28. The summed E-state index contributed by atoms with van der Waals surface area (Å²) in [5.74, 6) is 0.487. The first kappa shape index (κ1) is 10.4. The molecule has 1 aromatic carbocycles. The van der Waals surface area contributed by atoms with Crippen LogP contribution in [0.3, 0.4) is 0 Å². The zero-order valence-corrected chi connectivity index (χ0v) is 9.28. The summed E-state index contributed by atoms with van der Waals surface area (Å²) in [5, 5.41) is 0. The van der Waals surface area contributed by atoms with Crippen molar-refractivity contribution in [3.63, 3.8) is 0 Å². The van der Waals surface area contributed by atoms with E-state index in [1.165, 1.54) is 17.6 Å². The SMILES string of the molecule is C=C(C)[C@H]1CCCO[C@@H]1c1ccccc1. The minimum Gasteiger partial charge on any atom is -0.373 e. The summed E-state index contributed by atoms with van der Waals surface area (Å²) in [7, 11) is 0. The van der Waals surface area contributed by atoms with Crippen LogP contribution in [0.15, 0.2) is 42.5 Å². The number of hydrogen-bond donors (Lipinski definition) is 0. The van der Waals surface area contributed by atoms with Gasteiger partial charge in [-0.2, -0.15) is 0 Å². The van der Waals surface area contributed by atoms with Gasteiger partial charge >= 0.3 is 0 Å². The van der Waals surface area contributed by atoms with E-state index in [0.717, 1.165) is 13.0 Å². The van der Waals surface area contributed by atoms with Crippen LogP contribution in [0.25, 0.3) is 0 Å². The van der Waals surface area contributed by atoms with Crippen LogP contribution in [0.5, 0.6) is 0 Å². The maximum atomic E-state index is 5.88. The molecule has 0 amide bonds. The molecule has 0 unspecified atom stereocenters. The highest BCUT2D eigenvalue weighted by Crippen LogP contribution is 2.37. The van der Waals surface area contributed by atoms with Gasteiger partial charge in [0.1, 0.15) is 0 Å². The van der Waals surface area contributed by atoms with Crippen molar-refractivity contribution in [1.29, 1.82) is 0 Å². The van der Waals surface area contributed by atoms with E-state index in [1.54, 1.807) is 0 Å². The van der Waals surface area contributed by atoms with Crippen LogP contribution in [0, 0.1) is 5.92 Å². The van der Waals surface area contributed by atoms with E-state index < -0.39 is 0 Å². The number of rotatable bonds is 2. The van der Waals surface area contributed by atoms with Gasteiger partial charge in [0, 0.05) is 12.5 Å². The minimum atomic E-state index is 0.220. The second-order valence-corrected chi connectivity index (χ2v) is 4.30. The molecule has 1 aromatic rings. The third-order valence-electron chi connectivity index (χ3n) is 3.08. The lowest BCUT2D eigenvalue weighted by Gasteiger charge is -2.32. The molecule has 1 heterocycles. The highest BCUT2D eigenvalue weighted by Gasteiger charge is 2.27. The van der Waals surface area contributed by atoms with E-state index in [4.69, 9.17) is 4.74 Å². The summed E-state index contributed by atoms with van der Waals surface area (Å²) in [6.07, 6.45) is 2.58. The number of ether oxygens (including phenoxy) is 1. The summed E-state index contributed by atoms with van der Waals surface area (Å²) in [5.41, 5.74) is 2.52. The van der Waals surface area contributed by atoms with Gasteiger partial charge in [-0.25, -0.2) is 0 Å². The molecule has 0 radical (unpaired) electrons. The van der Waals surface area contributed by atoms with Crippen LogP contribution in [-0.4, -0.2) is 6.61 Å². The molecule has 0 saturated carbocycles. The first-order valence-corrected chi connectivity index (χ1v) is 5.61. The fraction of sp³-hybridized carbons (Fsp3) is 0.429. The maximum Gasteiger partial charge on any atom is 0.0889 e. The van der Waals surface area contributed by atoms with Crippen LogP contribution < -0.4 is 0 Å². The predicted octanol–water partition coefficient (Wildman–Crippen LogP) is 3.73. The summed E-state index contributed by atoms with van der Waals surface area (Å²) < 4.78 is 5.88.